The summed E-state index contributed by atoms with van der Waals surface area (Å²) in [5, 5.41) is 11.5. The maximum absolute atomic E-state index is 12.4. The molecule has 0 aliphatic rings. The van der Waals surface area contributed by atoms with Crippen molar-refractivity contribution >= 4 is 22.6 Å². The summed E-state index contributed by atoms with van der Waals surface area (Å²) in [6.45, 7) is 0. The maximum Gasteiger partial charge on any atom is 0.349 e. The van der Waals surface area contributed by atoms with Crippen LogP contribution in [0.3, 0.4) is 0 Å². The zero-order valence-corrected chi connectivity index (χ0v) is 13.4. The Morgan fingerprint density at radius 3 is 2.36 bits per heavy atom. The lowest BCUT2D eigenvalue weighted by Crippen LogP contribution is -2.06. The van der Waals surface area contributed by atoms with Crippen LogP contribution in [-0.2, 0) is 0 Å². The number of nitrogens with one attached hydrogen (secondary N) is 2. The van der Waals surface area contributed by atoms with Gasteiger partial charge in [0.2, 0.25) is 0 Å². The summed E-state index contributed by atoms with van der Waals surface area (Å²) in [6.07, 6.45) is 0. The van der Waals surface area contributed by atoms with E-state index in [1.54, 1.807) is 48.5 Å². The number of benzene rings is 2. The second kappa shape index (κ2) is 5.68. The Bertz CT molecular complexity index is 1200. The number of aromatic nitrogens is 2. The molecule has 0 saturated heterocycles. The van der Waals surface area contributed by atoms with Crippen molar-refractivity contribution in [3.63, 3.8) is 0 Å². The highest BCUT2D eigenvalue weighted by Crippen LogP contribution is 2.35. The second-order valence-corrected chi connectivity index (χ2v) is 5.88. The third kappa shape index (κ3) is 2.53. The van der Waals surface area contributed by atoms with Crippen LogP contribution < -0.4 is 11.3 Å². The van der Waals surface area contributed by atoms with E-state index in [1.165, 1.54) is 0 Å². The standard InChI is InChI=1S/C18H11ClN2O4/c19-10-7-5-9(6-8-10)14-15(21-18(24)20-14)13-16(22)11-3-1-2-4-12(11)25-17(13)23/h1-8,22H,(H2,20,21,24). The Kier molecular flexibility index (Phi) is 3.47. The summed E-state index contributed by atoms with van der Waals surface area (Å²) in [5.74, 6) is -0.252. The fourth-order valence-corrected chi connectivity index (χ4v) is 2.88. The number of fused-ring (bicyclic) bond motifs is 1. The minimum atomic E-state index is -0.748. The van der Waals surface area contributed by atoms with Gasteiger partial charge in [-0.1, -0.05) is 35.9 Å². The van der Waals surface area contributed by atoms with Gasteiger partial charge in [-0.15, -0.1) is 0 Å². The molecular weight excluding hydrogens is 344 g/mol. The summed E-state index contributed by atoms with van der Waals surface area (Å²) in [4.78, 5) is 29.5. The molecule has 4 rings (SSSR count). The van der Waals surface area contributed by atoms with Crippen LogP contribution in [0, 0.1) is 0 Å². The van der Waals surface area contributed by atoms with Gasteiger partial charge in [0.25, 0.3) is 0 Å². The van der Waals surface area contributed by atoms with Gasteiger partial charge in [0.15, 0.2) is 0 Å². The summed E-state index contributed by atoms with van der Waals surface area (Å²) < 4.78 is 5.27. The first kappa shape index (κ1) is 15.3. The summed E-state index contributed by atoms with van der Waals surface area (Å²) in [7, 11) is 0. The molecule has 0 bridgehead atoms. The summed E-state index contributed by atoms with van der Waals surface area (Å²) >= 11 is 5.89. The Morgan fingerprint density at radius 2 is 1.60 bits per heavy atom. The van der Waals surface area contributed by atoms with E-state index in [2.05, 4.69) is 9.97 Å². The molecule has 0 fully saturated rings. The van der Waals surface area contributed by atoms with Crippen LogP contribution in [0.25, 0.3) is 33.5 Å². The van der Waals surface area contributed by atoms with Crippen LogP contribution in [0.4, 0.5) is 0 Å². The third-order valence-electron chi connectivity index (χ3n) is 3.90. The molecule has 2 heterocycles. The molecule has 0 unspecified atom stereocenters. The molecule has 2 aromatic carbocycles. The van der Waals surface area contributed by atoms with Crippen molar-refractivity contribution < 1.29 is 9.52 Å². The highest BCUT2D eigenvalue weighted by Gasteiger charge is 2.21. The number of hydrogen-bond donors (Lipinski definition) is 3. The molecule has 0 amide bonds. The van der Waals surface area contributed by atoms with E-state index in [9.17, 15) is 14.7 Å². The number of aromatic amines is 2. The van der Waals surface area contributed by atoms with Crippen molar-refractivity contribution in [2.75, 3.05) is 0 Å². The van der Waals surface area contributed by atoms with Crippen LogP contribution in [0.2, 0.25) is 5.02 Å². The number of H-pyrrole nitrogens is 2. The van der Waals surface area contributed by atoms with Crippen LogP contribution in [-0.4, -0.2) is 15.1 Å². The quantitative estimate of drug-likeness (QED) is 0.480. The third-order valence-corrected chi connectivity index (χ3v) is 4.15. The SMILES string of the molecule is O=c1[nH]c(-c2ccc(Cl)cc2)c(-c2c(O)c3ccccc3oc2=O)[nH]1. The van der Waals surface area contributed by atoms with Gasteiger partial charge in [-0.2, -0.15) is 0 Å². The minimum absolute atomic E-state index is 0.109. The fourth-order valence-electron chi connectivity index (χ4n) is 2.76. The van der Waals surface area contributed by atoms with Gasteiger partial charge in [0.05, 0.1) is 16.8 Å². The Labute approximate surface area is 145 Å². The minimum Gasteiger partial charge on any atom is -0.506 e. The number of aromatic hydroxyl groups is 1. The first-order valence-electron chi connectivity index (χ1n) is 7.38. The van der Waals surface area contributed by atoms with Crippen LogP contribution >= 0.6 is 11.6 Å². The largest absolute Gasteiger partial charge is 0.506 e. The number of imidazole rings is 1. The van der Waals surface area contributed by atoms with Crippen LogP contribution in [0.1, 0.15) is 0 Å². The first-order valence-corrected chi connectivity index (χ1v) is 7.76. The number of para-hydroxylation sites is 1. The average Bonchev–Trinajstić information content (AvgIpc) is 2.97. The normalized spacial score (nSPS) is 11.1. The average molecular weight is 355 g/mol. The Hall–Kier alpha value is -3.25. The fraction of sp³-hybridized carbons (Fsp3) is 0. The maximum atomic E-state index is 12.4. The van der Waals surface area contributed by atoms with Crippen molar-refractivity contribution in [2.45, 2.75) is 0 Å². The monoisotopic (exact) mass is 354 g/mol. The molecule has 7 heteroatoms. The molecule has 25 heavy (non-hydrogen) atoms. The molecule has 4 aromatic rings. The number of halogens is 1. The Morgan fingerprint density at radius 1 is 0.920 bits per heavy atom. The van der Waals surface area contributed by atoms with Gasteiger partial charge in [0.1, 0.15) is 16.9 Å². The van der Waals surface area contributed by atoms with Crippen molar-refractivity contribution in [1.29, 1.82) is 0 Å². The number of hydrogen-bond acceptors (Lipinski definition) is 4. The summed E-state index contributed by atoms with van der Waals surface area (Å²) in [6, 6.07) is 13.3. The first-order chi connectivity index (χ1) is 12.0. The lowest BCUT2D eigenvalue weighted by molar-refractivity contribution is 0.471. The van der Waals surface area contributed by atoms with Gasteiger partial charge in [-0.3, -0.25) is 0 Å². The highest BCUT2D eigenvalue weighted by molar-refractivity contribution is 6.30. The van der Waals surface area contributed by atoms with E-state index in [4.69, 9.17) is 16.0 Å². The molecule has 6 nitrogen and oxygen atoms in total. The zero-order valence-electron chi connectivity index (χ0n) is 12.7. The molecule has 0 saturated carbocycles. The van der Waals surface area contributed by atoms with E-state index >= 15 is 0 Å². The molecule has 0 radical (unpaired) electrons. The van der Waals surface area contributed by atoms with Crippen molar-refractivity contribution in [1.82, 2.24) is 9.97 Å². The van der Waals surface area contributed by atoms with Crippen molar-refractivity contribution in [3.8, 4) is 28.3 Å². The molecule has 3 N–H and O–H groups in total. The van der Waals surface area contributed by atoms with Gasteiger partial charge in [-0.05, 0) is 24.3 Å². The molecule has 124 valence electrons. The molecule has 0 aliphatic carbocycles. The summed E-state index contributed by atoms with van der Waals surface area (Å²) in [5.41, 5.74) is 0.0452. The van der Waals surface area contributed by atoms with E-state index < -0.39 is 11.3 Å². The Balaban J connectivity index is 2.04. The molecular formula is C18H11ClN2O4. The van der Waals surface area contributed by atoms with Crippen molar-refractivity contribution in [3.05, 3.63) is 74.5 Å². The van der Waals surface area contributed by atoms with Crippen molar-refractivity contribution in [2.24, 2.45) is 0 Å². The van der Waals surface area contributed by atoms with Crippen LogP contribution in [0.5, 0.6) is 5.75 Å². The van der Waals surface area contributed by atoms with Crippen LogP contribution in [0.15, 0.2) is 62.5 Å². The molecule has 2 aromatic heterocycles. The molecule has 0 atom stereocenters. The van der Waals surface area contributed by atoms with E-state index in [-0.39, 0.29) is 22.6 Å². The zero-order chi connectivity index (χ0) is 17.6. The number of rotatable bonds is 2. The predicted octanol–water partition coefficient (Wildman–Crippen LogP) is 3.50. The lowest BCUT2D eigenvalue weighted by Gasteiger charge is -2.07. The molecule has 0 aliphatic heterocycles. The smallest absolute Gasteiger partial charge is 0.349 e. The highest BCUT2D eigenvalue weighted by atomic mass is 35.5. The van der Waals surface area contributed by atoms with Gasteiger partial charge < -0.3 is 19.5 Å². The van der Waals surface area contributed by atoms with Gasteiger partial charge in [-0.25, -0.2) is 9.59 Å². The second-order valence-electron chi connectivity index (χ2n) is 5.45. The van der Waals surface area contributed by atoms with E-state index in [1.807, 2.05) is 0 Å². The van der Waals surface area contributed by atoms with Gasteiger partial charge >= 0.3 is 11.3 Å². The predicted molar refractivity (Wildman–Crippen MR) is 95.0 cm³/mol. The molecule has 0 spiro atoms. The van der Waals surface area contributed by atoms with E-state index in [0.717, 1.165) is 0 Å². The van der Waals surface area contributed by atoms with E-state index in [0.29, 0.717) is 21.7 Å². The topological polar surface area (TPSA) is 99.1 Å². The lowest BCUT2D eigenvalue weighted by atomic mass is 10.0. The van der Waals surface area contributed by atoms with Gasteiger partial charge in [0, 0.05) is 10.6 Å².